The van der Waals surface area contributed by atoms with Gasteiger partial charge in [0.05, 0.1) is 23.3 Å². The molecule has 0 saturated heterocycles. The Bertz CT molecular complexity index is 1190. The van der Waals surface area contributed by atoms with Crippen molar-refractivity contribution in [2.24, 2.45) is 5.10 Å². The number of sulfonamides is 1. The maximum absolute atomic E-state index is 12.3. The maximum Gasteiger partial charge on any atom is 0.343 e. The lowest BCUT2D eigenvalue weighted by Gasteiger charge is -2.07. The Labute approximate surface area is 194 Å². The first kappa shape index (κ1) is 24.0. The summed E-state index contributed by atoms with van der Waals surface area (Å²) in [5.74, 6) is 0.588. The van der Waals surface area contributed by atoms with E-state index in [1.807, 2.05) is 6.92 Å². The number of ether oxygens (including phenoxy) is 2. The summed E-state index contributed by atoms with van der Waals surface area (Å²) >= 11 is 0. The van der Waals surface area contributed by atoms with Gasteiger partial charge in [-0.2, -0.15) is 13.5 Å². The number of hydrazone groups is 1. The second-order valence-corrected chi connectivity index (χ2v) is 9.01. The number of unbranched alkanes of at least 4 members (excludes halogenated alkanes) is 1. The van der Waals surface area contributed by atoms with Crippen LogP contribution in [0, 0.1) is 6.92 Å². The van der Waals surface area contributed by atoms with Crippen LogP contribution in [0.15, 0.2) is 82.8 Å². The molecule has 33 heavy (non-hydrogen) atoms. The summed E-state index contributed by atoms with van der Waals surface area (Å²) in [5.41, 5.74) is 2.01. The number of esters is 1. The van der Waals surface area contributed by atoms with Crippen molar-refractivity contribution in [2.45, 2.75) is 31.6 Å². The van der Waals surface area contributed by atoms with Crippen LogP contribution in [0.1, 0.15) is 41.3 Å². The highest BCUT2D eigenvalue weighted by molar-refractivity contribution is 7.89. The fourth-order valence-electron chi connectivity index (χ4n) is 2.75. The van der Waals surface area contributed by atoms with E-state index in [0.29, 0.717) is 29.2 Å². The lowest BCUT2D eigenvalue weighted by molar-refractivity contribution is 0.0734. The summed E-state index contributed by atoms with van der Waals surface area (Å²) in [6, 6.07) is 19.8. The van der Waals surface area contributed by atoms with E-state index in [1.54, 1.807) is 60.7 Å². The van der Waals surface area contributed by atoms with Crippen LogP contribution >= 0.6 is 0 Å². The Morgan fingerprint density at radius 1 is 0.939 bits per heavy atom. The topological polar surface area (TPSA) is 94.1 Å². The van der Waals surface area contributed by atoms with Crippen molar-refractivity contribution in [1.82, 2.24) is 4.83 Å². The monoisotopic (exact) mass is 466 g/mol. The fourth-order valence-corrected chi connectivity index (χ4v) is 3.54. The minimum atomic E-state index is -3.74. The second-order valence-electron chi connectivity index (χ2n) is 7.35. The molecule has 0 unspecified atom stereocenters. The van der Waals surface area contributed by atoms with E-state index >= 15 is 0 Å². The lowest BCUT2D eigenvalue weighted by Crippen LogP contribution is -2.18. The van der Waals surface area contributed by atoms with E-state index in [4.69, 9.17) is 9.47 Å². The van der Waals surface area contributed by atoms with E-state index in [1.165, 1.54) is 18.3 Å². The molecule has 0 atom stereocenters. The number of aryl methyl sites for hydroxylation is 1. The molecule has 3 aromatic rings. The molecule has 0 saturated carbocycles. The van der Waals surface area contributed by atoms with Crippen molar-refractivity contribution >= 4 is 22.2 Å². The Balaban J connectivity index is 1.54. The average molecular weight is 467 g/mol. The minimum Gasteiger partial charge on any atom is -0.494 e. The van der Waals surface area contributed by atoms with E-state index in [0.717, 1.165) is 18.4 Å². The molecule has 0 aliphatic heterocycles. The highest BCUT2D eigenvalue weighted by atomic mass is 32.2. The van der Waals surface area contributed by atoms with Crippen molar-refractivity contribution in [2.75, 3.05) is 6.61 Å². The lowest BCUT2D eigenvalue weighted by atomic mass is 10.2. The summed E-state index contributed by atoms with van der Waals surface area (Å²) < 4.78 is 35.5. The van der Waals surface area contributed by atoms with Gasteiger partial charge in [-0.25, -0.2) is 9.63 Å². The number of carbonyl (C=O) groups is 1. The maximum atomic E-state index is 12.3. The molecule has 1 N–H and O–H groups in total. The van der Waals surface area contributed by atoms with E-state index in [-0.39, 0.29) is 4.90 Å². The zero-order valence-corrected chi connectivity index (χ0v) is 19.3. The van der Waals surface area contributed by atoms with Gasteiger partial charge >= 0.3 is 5.97 Å². The van der Waals surface area contributed by atoms with Crippen molar-refractivity contribution in [3.8, 4) is 11.5 Å². The molecule has 0 bridgehead atoms. The van der Waals surface area contributed by atoms with E-state index < -0.39 is 16.0 Å². The Morgan fingerprint density at radius 3 is 2.21 bits per heavy atom. The number of nitrogens with one attached hydrogen (secondary N) is 1. The molecule has 0 heterocycles. The summed E-state index contributed by atoms with van der Waals surface area (Å²) in [5, 5.41) is 3.80. The third-order valence-corrected chi connectivity index (χ3v) is 5.90. The van der Waals surface area contributed by atoms with Crippen LogP contribution in [0.5, 0.6) is 11.5 Å². The van der Waals surface area contributed by atoms with Gasteiger partial charge in [-0.1, -0.05) is 31.0 Å². The standard InChI is InChI=1S/C25H26N2O5S/c1-3-4-17-31-22-13-9-21(10-14-22)25(28)32-23-11-7-20(8-12-23)18-26-27-33(29,30)24-15-5-19(2)6-16-24/h5-16,18,27H,3-4,17H2,1-2H3. The first-order chi connectivity index (χ1) is 15.9. The Hall–Kier alpha value is -3.65. The van der Waals surface area contributed by atoms with Gasteiger partial charge in [0.25, 0.3) is 10.0 Å². The molecule has 0 radical (unpaired) electrons. The predicted octanol–water partition coefficient (Wildman–Crippen LogP) is 4.71. The fraction of sp³-hybridized carbons (Fsp3) is 0.200. The van der Waals surface area contributed by atoms with Crippen LogP contribution in [-0.4, -0.2) is 27.2 Å². The van der Waals surface area contributed by atoms with Crippen LogP contribution < -0.4 is 14.3 Å². The number of carbonyl (C=O) groups excluding carboxylic acids is 1. The van der Waals surface area contributed by atoms with Crippen molar-refractivity contribution in [3.63, 3.8) is 0 Å². The number of hydrogen-bond acceptors (Lipinski definition) is 6. The summed E-state index contributed by atoms with van der Waals surface area (Å²) in [4.78, 5) is 14.7. The molecule has 172 valence electrons. The van der Waals surface area contributed by atoms with Crippen LogP contribution in [-0.2, 0) is 10.0 Å². The quantitative estimate of drug-likeness (QED) is 0.154. The number of benzene rings is 3. The molecule has 0 aliphatic rings. The highest BCUT2D eigenvalue weighted by Gasteiger charge is 2.12. The van der Waals surface area contributed by atoms with Gasteiger partial charge in [-0.15, -0.1) is 0 Å². The number of rotatable bonds is 10. The molecule has 7 nitrogen and oxygen atoms in total. The normalized spacial score (nSPS) is 11.3. The zero-order valence-electron chi connectivity index (χ0n) is 18.5. The second kappa shape index (κ2) is 11.3. The van der Waals surface area contributed by atoms with Crippen molar-refractivity contribution in [1.29, 1.82) is 0 Å². The minimum absolute atomic E-state index is 0.132. The molecule has 8 heteroatoms. The Morgan fingerprint density at radius 2 is 1.58 bits per heavy atom. The largest absolute Gasteiger partial charge is 0.494 e. The van der Waals surface area contributed by atoms with Crippen molar-refractivity contribution < 1.29 is 22.7 Å². The van der Waals surface area contributed by atoms with E-state index in [9.17, 15) is 13.2 Å². The van der Waals surface area contributed by atoms with Gasteiger partial charge in [-0.05, 0) is 79.6 Å². The Kier molecular flexibility index (Phi) is 8.21. The van der Waals surface area contributed by atoms with Gasteiger partial charge in [0, 0.05) is 0 Å². The average Bonchev–Trinajstić information content (AvgIpc) is 2.81. The SMILES string of the molecule is CCCCOc1ccc(C(=O)Oc2ccc(C=NNS(=O)(=O)c3ccc(C)cc3)cc2)cc1. The summed E-state index contributed by atoms with van der Waals surface area (Å²) in [7, 11) is -3.74. The smallest absolute Gasteiger partial charge is 0.343 e. The van der Waals surface area contributed by atoms with Gasteiger partial charge < -0.3 is 9.47 Å². The van der Waals surface area contributed by atoms with Crippen LogP contribution in [0.25, 0.3) is 0 Å². The molecule has 0 amide bonds. The third kappa shape index (κ3) is 7.18. The van der Waals surface area contributed by atoms with E-state index in [2.05, 4.69) is 16.9 Å². The molecule has 0 aliphatic carbocycles. The number of nitrogens with zero attached hydrogens (tertiary/aromatic N) is 1. The molecule has 0 fully saturated rings. The predicted molar refractivity (Wildman–Crippen MR) is 127 cm³/mol. The van der Waals surface area contributed by atoms with Gasteiger partial charge in [0.2, 0.25) is 0 Å². The van der Waals surface area contributed by atoms with Crippen LogP contribution in [0.2, 0.25) is 0 Å². The first-order valence-corrected chi connectivity index (χ1v) is 12.0. The summed E-state index contributed by atoms with van der Waals surface area (Å²) in [6.45, 7) is 4.61. The van der Waals surface area contributed by atoms with Crippen LogP contribution in [0.4, 0.5) is 0 Å². The third-order valence-electron chi connectivity index (χ3n) is 4.67. The molecule has 0 aromatic heterocycles. The first-order valence-electron chi connectivity index (χ1n) is 10.5. The molecular formula is C25H26N2O5S. The molecule has 3 rings (SSSR count). The molecular weight excluding hydrogens is 440 g/mol. The summed E-state index contributed by atoms with van der Waals surface area (Å²) in [6.07, 6.45) is 3.40. The van der Waals surface area contributed by atoms with Crippen molar-refractivity contribution in [3.05, 3.63) is 89.5 Å². The molecule has 0 spiro atoms. The number of hydrogen-bond donors (Lipinski definition) is 1. The molecule has 3 aromatic carbocycles. The zero-order chi connectivity index (χ0) is 23.7. The van der Waals surface area contributed by atoms with Crippen LogP contribution in [0.3, 0.4) is 0 Å². The van der Waals surface area contributed by atoms with Gasteiger partial charge in [0.1, 0.15) is 11.5 Å². The van der Waals surface area contributed by atoms with Gasteiger partial charge in [-0.3, -0.25) is 0 Å². The van der Waals surface area contributed by atoms with Gasteiger partial charge in [0.15, 0.2) is 0 Å². The highest BCUT2D eigenvalue weighted by Crippen LogP contribution is 2.17.